The number of nitrogens with one attached hydrogen (secondary N) is 1. The topological polar surface area (TPSA) is 54.2 Å². The summed E-state index contributed by atoms with van der Waals surface area (Å²) in [6.07, 6.45) is 2.58. The molecule has 3 heterocycles. The highest BCUT2D eigenvalue weighted by Crippen LogP contribution is 2.36. The summed E-state index contributed by atoms with van der Waals surface area (Å²) in [4.78, 5) is 6.97. The Kier molecular flexibility index (Phi) is 4.47. The molecule has 0 aliphatic carbocycles. The minimum Gasteiger partial charge on any atom is -0.334 e. The highest BCUT2D eigenvalue weighted by molar-refractivity contribution is 5.85. The molecule has 1 spiro atoms. The van der Waals surface area contributed by atoms with Crippen molar-refractivity contribution in [3.63, 3.8) is 0 Å². The molecule has 1 N–H and O–H groups in total. The number of aromatic nitrogens is 2. The molecule has 4 rings (SSSR count). The van der Waals surface area contributed by atoms with Crippen LogP contribution in [0.5, 0.6) is 0 Å². The van der Waals surface area contributed by atoms with Crippen LogP contribution in [0.1, 0.15) is 18.7 Å². The zero-order valence-corrected chi connectivity index (χ0v) is 13.3. The van der Waals surface area contributed by atoms with Crippen molar-refractivity contribution in [3.05, 3.63) is 36.2 Å². The van der Waals surface area contributed by atoms with E-state index in [1.165, 1.54) is 12.8 Å². The van der Waals surface area contributed by atoms with Crippen LogP contribution in [-0.4, -0.2) is 41.2 Å². The van der Waals surface area contributed by atoms with E-state index in [0.29, 0.717) is 11.3 Å². The van der Waals surface area contributed by atoms with Gasteiger partial charge in [0.25, 0.3) is 5.89 Å². The number of nitrogens with zero attached hydrogens (tertiary/aromatic N) is 3. The van der Waals surface area contributed by atoms with Crippen molar-refractivity contribution in [2.24, 2.45) is 5.41 Å². The largest absolute Gasteiger partial charge is 0.334 e. The summed E-state index contributed by atoms with van der Waals surface area (Å²) in [6.45, 7) is 5.39. The van der Waals surface area contributed by atoms with E-state index in [4.69, 9.17) is 4.52 Å². The minimum atomic E-state index is 0. The lowest BCUT2D eigenvalue weighted by Gasteiger charge is -2.21. The summed E-state index contributed by atoms with van der Waals surface area (Å²) < 4.78 is 5.38. The molecule has 0 saturated carbocycles. The Morgan fingerprint density at radius 3 is 2.86 bits per heavy atom. The van der Waals surface area contributed by atoms with E-state index >= 15 is 0 Å². The van der Waals surface area contributed by atoms with Crippen LogP contribution in [-0.2, 0) is 6.54 Å². The molecule has 1 atom stereocenters. The highest BCUT2D eigenvalue weighted by atomic mass is 35.5. The third kappa shape index (κ3) is 3.02. The molecule has 2 aliphatic heterocycles. The van der Waals surface area contributed by atoms with Gasteiger partial charge in [0.05, 0.1) is 6.54 Å². The van der Waals surface area contributed by atoms with Gasteiger partial charge in [-0.15, -0.1) is 12.4 Å². The molecule has 1 aromatic carbocycles. The van der Waals surface area contributed by atoms with Gasteiger partial charge < -0.3 is 9.84 Å². The molecule has 2 fully saturated rings. The van der Waals surface area contributed by atoms with Crippen LogP contribution < -0.4 is 5.32 Å². The van der Waals surface area contributed by atoms with Gasteiger partial charge in [-0.25, -0.2) is 0 Å². The first-order chi connectivity index (χ1) is 10.3. The first kappa shape index (κ1) is 15.5. The molecule has 0 bridgehead atoms. The predicted octanol–water partition coefficient (Wildman–Crippen LogP) is 2.34. The fourth-order valence-corrected chi connectivity index (χ4v) is 3.52. The molecule has 2 aromatic rings. The lowest BCUT2D eigenvalue weighted by atomic mass is 9.87. The van der Waals surface area contributed by atoms with Gasteiger partial charge in [-0.2, -0.15) is 4.98 Å². The molecular formula is C16H21ClN4O. The number of likely N-dealkylation sites (tertiary alicyclic amines) is 1. The molecule has 5 nitrogen and oxygen atoms in total. The maximum Gasteiger partial charge on any atom is 0.257 e. The zero-order chi connectivity index (χ0) is 14.1. The van der Waals surface area contributed by atoms with Crippen LogP contribution in [0.25, 0.3) is 11.5 Å². The molecule has 1 aromatic heterocycles. The SMILES string of the molecule is Cl.c1ccc(-c2nc(CN3CCC4(CCNC4)C3)no2)cc1. The second kappa shape index (κ2) is 6.36. The van der Waals surface area contributed by atoms with E-state index in [1.807, 2.05) is 30.3 Å². The van der Waals surface area contributed by atoms with Crippen LogP contribution in [0.4, 0.5) is 0 Å². The van der Waals surface area contributed by atoms with Crippen molar-refractivity contribution in [1.82, 2.24) is 20.4 Å². The van der Waals surface area contributed by atoms with E-state index in [2.05, 4.69) is 20.4 Å². The van der Waals surface area contributed by atoms with Gasteiger partial charge in [0.2, 0.25) is 0 Å². The van der Waals surface area contributed by atoms with E-state index in [0.717, 1.165) is 44.1 Å². The summed E-state index contributed by atoms with van der Waals surface area (Å²) in [5, 5.41) is 7.62. The number of hydrogen-bond donors (Lipinski definition) is 1. The Balaban J connectivity index is 0.00000144. The Hall–Kier alpha value is -1.43. The van der Waals surface area contributed by atoms with Crippen LogP contribution in [0, 0.1) is 5.41 Å². The lowest BCUT2D eigenvalue weighted by molar-refractivity contribution is 0.260. The van der Waals surface area contributed by atoms with Crippen molar-refractivity contribution in [1.29, 1.82) is 0 Å². The third-order valence-electron chi connectivity index (χ3n) is 4.70. The molecular weight excluding hydrogens is 300 g/mol. The quantitative estimate of drug-likeness (QED) is 0.940. The van der Waals surface area contributed by atoms with Crippen LogP contribution in [0.15, 0.2) is 34.9 Å². The smallest absolute Gasteiger partial charge is 0.257 e. The van der Waals surface area contributed by atoms with Crippen LogP contribution in [0.3, 0.4) is 0 Å². The van der Waals surface area contributed by atoms with Gasteiger partial charge in [0, 0.05) is 18.7 Å². The molecule has 1 unspecified atom stereocenters. The highest BCUT2D eigenvalue weighted by Gasteiger charge is 2.40. The first-order valence-electron chi connectivity index (χ1n) is 7.64. The fraction of sp³-hybridized carbons (Fsp3) is 0.500. The molecule has 118 valence electrons. The molecule has 22 heavy (non-hydrogen) atoms. The van der Waals surface area contributed by atoms with Gasteiger partial charge >= 0.3 is 0 Å². The van der Waals surface area contributed by atoms with Crippen LogP contribution in [0.2, 0.25) is 0 Å². The summed E-state index contributed by atoms with van der Waals surface area (Å²) in [5.74, 6) is 1.40. The Morgan fingerprint density at radius 1 is 1.23 bits per heavy atom. The minimum absolute atomic E-state index is 0. The standard InChI is InChI=1S/C16H20N4O.ClH/c1-2-4-13(5-3-1)15-18-14(19-21-15)10-20-9-7-16(12-20)6-8-17-11-16;/h1-5,17H,6-12H2;1H. The Morgan fingerprint density at radius 2 is 2.09 bits per heavy atom. The average molecular weight is 321 g/mol. The van der Waals surface area contributed by atoms with Gasteiger partial charge in [0.15, 0.2) is 5.82 Å². The number of hydrogen-bond acceptors (Lipinski definition) is 5. The maximum atomic E-state index is 5.38. The normalized spacial score (nSPS) is 24.7. The van der Waals surface area contributed by atoms with E-state index in [-0.39, 0.29) is 12.4 Å². The Labute approximate surface area is 136 Å². The third-order valence-corrected chi connectivity index (χ3v) is 4.70. The average Bonchev–Trinajstić information content (AvgIpc) is 3.24. The molecule has 0 radical (unpaired) electrons. The lowest BCUT2D eigenvalue weighted by Crippen LogP contribution is -2.29. The van der Waals surface area contributed by atoms with Gasteiger partial charge in [-0.3, -0.25) is 4.90 Å². The summed E-state index contributed by atoms with van der Waals surface area (Å²) in [6, 6.07) is 9.94. The predicted molar refractivity (Wildman–Crippen MR) is 86.8 cm³/mol. The van der Waals surface area contributed by atoms with Gasteiger partial charge in [-0.05, 0) is 43.5 Å². The molecule has 2 aliphatic rings. The zero-order valence-electron chi connectivity index (χ0n) is 12.5. The van der Waals surface area contributed by atoms with E-state index in [1.54, 1.807) is 0 Å². The second-order valence-corrected chi connectivity index (χ2v) is 6.27. The molecule has 6 heteroatoms. The first-order valence-corrected chi connectivity index (χ1v) is 7.64. The number of rotatable bonds is 3. The molecule has 2 saturated heterocycles. The second-order valence-electron chi connectivity index (χ2n) is 6.27. The number of benzene rings is 1. The van der Waals surface area contributed by atoms with Crippen molar-refractivity contribution in [3.8, 4) is 11.5 Å². The summed E-state index contributed by atoms with van der Waals surface area (Å²) >= 11 is 0. The van der Waals surface area contributed by atoms with E-state index in [9.17, 15) is 0 Å². The monoisotopic (exact) mass is 320 g/mol. The number of halogens is 1. The molecule has 0 amide bonds. The van der Waals surface area contributed by atoms with Crippen molar-refractivity contribution in [2.45, 2.75) is 19.4 Å². The van der Waals surface area contributed by atoms with Crippen LogP contribution >= 0.6 is 12.4 Å². The van der Waals surface area contributed by atoms with Gasteiger partial charge in [0.1, 0.15) is 0 Å². The maximum absolute atomic E-state index is 5.38. The van der Waals surface area contributed by atoms with E-state index < -0.39 is 0 Å². The van der Waals surface area contributed by atoms with Crippen molar-refractivity contribution < 1.29 is 4.52 Å². The van der Waals surface area contributed by atoms with Crippen molar-refractivity contribution in [2.75, 3.05) is 26.2 Å². The fourth-order valence-electron chi connectivity index (χ4n) is 3.52. The van der Waals surface area contributed by atoms with Crippen molar-refractivity contribution >= 4 is 12.4 Å². The summed E-state index contributed by atoms with van der Waals surface area (Å²) in [5.41, 5.74) is 1.47. The Bertz CT molecular complexity index is 610. The van der Waals surface area contributed by atoms with Gasteiger partial charge in [-0.1, -0.05) is 23.4 Å². The summed E-state index contributed by atoms with van der Waals surface area (Å²) in [7, 11) is 0.